The number of thioether (sulfide) groups is 1. The van der Waals surface area contributed by atoms with Gasteiger partial charge in [0.05, 0.1) is 23.6 Å². The van der Waals surface area contributed by atoms with Gasteiger partial charge in [0.25, 0.3) is 0 Å². The number of ether oxygens (including phenoxy) is 1. The van der Waals surface area contributed by atoms with Gasteiger partial charge in [0.2, 0.25) is 5.91 Å². The monoisotopic (exact) mass is 398 g/mol. The van der Waals surface area contributed by atoms with Crippen LogP contribution >= 0.6 is 11.8 Å². The van der Waals surface area contributed by atoms with Crippen LogP contribution in [0.25, 0.3) is 0 Å². The second-order valence-corrected chi connectivity index (χ2v) is 7.02. The Balaban J connectivity index is 1.92. The quantitative estimate of drug-likeness (QED) is 0.313. The molecule has 146 valence electrons. The highest BCUT2D eigenvalue weighted by molar-refractivity contribution is 8.00. The summed E-state index contributed by atoms with van der Waals surface area (Å²) in [7, 11) is 0. The molecule has 0 fully saturated rings. The summed E-state index contributed by atoms with van der Waals surface area (Å²) in [5.41, 5.74) is 1.99. The van der Waals surface area contributed by atoms with Crippen LogP contribution in [0.4, 0.5) is 5.69 Å². The Morgan fingerprint density at radius 1 is 1.21 bits per heavy atom. The predicted molar refractivity (Wildman–Crippen MR) is 107 cm³/mol. The summed E-state index contributed by atoms with van der Waals surface area (Å²) >= 11 is 1.19. The van der Waals surface area contributed by atoms with Crippen LogP contribution in [0.1, 0.15) is 47.2 Å². The van der Waals surface area contributed by atoms with Crippen molar-refractivity contribution in [1.29, 1.82) is 5.26 Å². The number of nitrogens with one attached hydrogen (secondary N) is 1. The van der Waals surface area contributed by atoms with Crippen molar-refractivity contribution in [2.75, 3.05) is 17.7 Å². The average molecular weight is 398 g/mol. The summed E-state index contributed by atoms with van der Waals surface area (Å²) in [6.07, 6.45) is 1.79. The highest BCUT2D eigenvalue weighted by Gasteiger charge is 2.13. The van der Waals surface area contributed by atoms with Crippen LogP contribution in [0, 0.1) is 25.2 Å². The number of carbonyl (C=O) groups is 2. The Labute approximate surface area is 168 Å². The summed E-state index contributed by atoms with van der Waals surface area (Å²) in [4.78, 5) is 32.5. The third-order valence-corrected chi connectivity index (χ3v) is 4.73. The van der Waals surface area contributed by atoms with Gasteiger partial charge in [-0.3, -0.25) is 4.79 Å². The summed E-state index contributed by atoms with van der Waals surface area (Å²) in [6.45, 7) is 5.91. The van der Waals surface area contributed by atoms with Crippen LogP contribution in [-0.4, -0.2) is 34.2 Å². The lowest BCUT2D eigenvalue weighted by Gasteiger charge is -2.08. The normalized spacial score (nSPS) is 10.2. The number of rotatable bonds is 8. The molecular formula is C20H22N4O3S. The molecule has 8 heteroatoms. The molecule has 28 heavy (non-hydrogen) atoms. The van der Waals surface area contributed by atoms with Gasteiger partial charge >= 0.3 is 5.97 Å². The number of amides is 1. The van der Waals surface area contributed by atoms with Crippen molar-refractivity contribution in [3.8, 4) is 6.07 Å². The molecule has 0 atom stereocenters. The number of nitriles is 1. The molecule has 1 amide bonds. The lowest BCUT2D eigenvalue weighted by Crippen LogP contribution is -2.15. The number of benzene rings is 1. The molecule has 0 unspecified atom stereocenters. The minimum Gasteiger partial charge on any atom is -0.462 e. The van der Waals surface area contributed by atoms with Crippen LogP contribution in [0.3, 0.4) is 0 Å². The first-order chi connectivity index (χ1) is 13.4. The molecule has 0 aliphatic rings. The lowest BCUT2D eigenvalue weighted by atomic mass is 10.2. The Hall–Kier alpha value is -2.92. The van der Waals surface area contributed by atoms with Gasteiger partial charge in [-0.05, 0) is 44.5 Å². The van der Waals surface area contributed by atoms with Gasteiger partial charge in [-0.2, -0.15) is 5.26 Å². The van der Waals surface area contributed by atoms with E-state index in [0.717, 1.165) is 12.8 Å². The zero-order valence-corrected chi connectivity index (χ0v) is 16.9. The molecule has 2 aromatic rings. The van der Waals surface area contributed by atoms with Crippen molar-refractivity contribution in [1.82, 2.24) is 9.97 Å². The van der Waals surface area contributed by atoms with E-state index >= 15 is 0 Å². The first-order valence-corrected chi connectivity index (χ1v) is 9.88. The minimum atomic E-state index is -0.375. The Morgan fingerprint density at radius 2 is 1.93 bits per heavy atom. The molecule has 0 saturated heterocycles. The van der Waals surface area contributed by atoms with Gasteiger partial charge < -0.3 is 10.1 Å². The van der Waals surface area contributed by atoms with E-state index in [1.54, 1.807) is 38.1 Å². The molecule has 0 spiro atoms. The topological polar surface area (TPSA) is 105 Å². The summed E-state index contributed by atoms with van der Waals surface area (Å²) in [5.74, 6) is 0.0492. The zero-order chi connectivity index (χ0) is 20.5. The largest absolute Gasteiger partial charge is 0.462 e. The molecule has 0 aliphatic heterocycles. The number of hydrogen-bond donors (Lipinski definition) is 1. The van der Waals surface area contributed by atoms with E-state index in [1.807, 2.05) is 6.92 Å². The number of unbranched alkanes of at least 4 members (excludes halogenated alkanes) is 1. The molecule has 1 aromatic heterocycles. The second kappa shape index (κ2) is 10.4. The van der Waals surface area contributed by atoms with Gasteiger partial charge in [-0.1, -0.05) is 25.1 Å². The van der Waals surface area contributed by atoms with Crippen LogP contribution in [0.15, 0.2) is 29.3 Å². The molecular weight excluding hydrogens is 376 g/mol. The third-order valence-electron chi connectivity index (χ3n) is 3.76. The van der Waals surface area contributed by atoms with E-state index in [4.69, 9.17) is 4.74 Å². The van der Waals surface area contributed by atoms with Crippen molar-refractivity contribution in [3.05, 3.63) is 46.9 Å². The lowest BCUT2D eigenvalue weighted by molar-refractivity contribution is -0.113. The third kappa shape index (κ3) is 6.06. The van der Waals surface area contributed by atoms with Gasteiger partial charge in [-0.25, -0.2) is 14.8 Å². The first kappa shape index (κ1) is 21.4. The van der Waals surface area contributed by atoms with Crippen LogP contribution in [0.2, 0.25) is 0 Å². The van der Waals surface area contributed by atoms with E-state index in [1.165, 1.54) is 11.8 Å². The summed E-state index contributed by atoms with van der Waals surface area (Å²) < 4.78 is 5.15. The predicted octanol–water partition coefficient (Wildman–Crippen LogP) is 3.65. The Bertz CT molecular complexity index is 892. The molecule has 1 heterocycles. The number of aryl methyl sites for hydroxylation is 2. The molecule has 0 radical (unpaired) electrons. The van der Waals surface area contributed by atoms with Crippen molar-refractivity contribution >= 4 is 29.3 Å². The minimum absolute atomic E-state index is 0.103. The fourth-order valence-electron chi connectivity index (χ4n) is 2.33. The highest BCUT2D eigenvalue weighted by atomic mass is 32.2. The maximum absolute atomic E-state index is 12.2. The van der Waals surface area contributed by atoms with Crippen molar-refractivity contribution in [3.63, 3.8) is 0 Å². The van der Waals surface area contributed by atoms with E-state index in [2.05, 4.69) is 21.4 Å². The molecule has 0 bridgehead atoms. The fourth-order valence-corrected chi connectivity index (χ4v) is 3.20. The first-order valence-electron chi connectivity index (χ1n) is 8.89. The fraction of sp³-hybridized carbons (Fsp3) is 0.350. The van der Waals surface area contributed by atoms with E-state index in [0.29, 0.717) is 40.0 Å². The molecule has 1 aromatic carbocycles. The number of hydrogen-bond acceptors (Lipinski definition) is 7. The molecule has 1 N–H and O–H groups in total. The molecule has 0 aliphatic carbocycles. The van der Waals surface area contributed by atoms with E-state index in [-0.39, 0.29) is 17.6 Å². The number of anilines is 1. The van der Waals surface area contributed by atoms with E-state index < -0.39 is 0 Å². The Kier molecular flexibility index (Phi) is 7.96. The van der Waals surface area contributed by atoms with Crippen molar-refractivity contribution < 1.29 is 14.3 Å². The number of esters is 1. The average Bonchev–Trinajstić information content (AvgIpc) is 2.66. The summed E-state index contributed by atoms with van der Waals surface area (Å²) in [5, 5.41) is 12.5. The van der Waals surface area contributed by atoms with Gasteiger partial charge in [0.1, 0.15) is 22.5 Å². The number of carbonyl (C=O) groups excluding carboxylic acids is 2. The van der Waals surface area contributed by atoms with Crippen molar-refractivity contribution in [2.24, 2.45) is 0 Å². The zero-order valence-electron chi connectivity index (χ0n) is 16.1. The van der Waals surface area contributed by atoms with Crippen molar-refractivity contribution in [2.45, 2.75) is 38.6 Å². The SMILES string of the molecule is CCCCOC(=O)c1ccc(NC(=O)CSc2nc(C)nc(C)c2C#N)cc1. The second-order valence-electron chi connectivity index (χ2n) is 6.05. The maximum Gasteiger partial charge on any atom is 0.338 e. The molecule has 2 rings (SSSR count). The van der Waals surface area contributed by atoms with Crippen LogP contribution < -0.4 is 5.32 Å². The molecule has 0 saturated carbocycles. The molecule has 7 nitrogen and oxygen atoms in total. The van der Waals surface area contributed by atoms with Gasteiger partial charge in [0.15, 0.2) is 0 Å². The van der Waals surface area contributed by atoms with Gasteiger partial charge in [0, 0.05) is 5.69 Å². The van der Waals surface area contributed by atoms with Crippen LogP contribution in [-0.2, 0) is 9.53 Å². The highest BCUT2D eigenvalue weighted by Crippen LogP contribution is 2.22. The van der Waals surface area contributed by atoms with E-state index in [9.17, 15) is 14.9 Å². The summed E-state index contributed by atoms with van der Waals surface area (Å²) in [6, 6.07) is 8.61. The van der Waals surface area contributed by atoms with Gasteiger partial charge in [-0.15, -0.1) is 0 Å². The smallest absolute Gasteiger partial charge is 0.338 e. The maximum atomic E-state index is 12.2. The Morgan fingerprint density at radius 3 is 2.57 bits per heavy atom. The number of aromatic nitrogens is 2. The number of nitrogens with zero attached hydrogens (tertiary/aromatic N) is 3. The van der Waals surface area contributed by atoms with Crippen LogP contribution in [0.5, 0.6) is 0 Å². The standard InChI is InChI=1S/C20H22N4O3S/c1-4-5-10-27-20(26)15-6-8-16(9-7-15)24-18(25)12-28-19-17(11-21)13(2)22-14(3)23-19/h6-9H,4-5,10,12H2,1-3H3,(H,24,25).